The highest BCUT2D eigenvalue weighted by Gasteiger charge is 2.49. The van der Waals surface area contributed by atoms with E-state index >= 15 is 0 Å². The van der Waals surface area contributed by atoms with E-state index in [1.807, 2.05) is 91.0 Å². The lowest BCUT2D eigenvalue weighted by atomic mass is 9.96. The Hall–Kier alpha value is -4.44. The van der Waals surface area contributed by atoms with Crippen LogP contribution in [0.3, 0.4) is 0 Å². The number of benzene rings is 5. The van der Waals surface area contributed by atoms with Crippen LogP contribution in [-0.2, 0) is 66.2 Å². The molecule has 0 amide bonds. The van der Waals surface area contributed by atoms with Crippen LogP contribution in [0.25, 0.3) is 0 Å². The molecular formula is C51H60O7. The summed E-state index contributed by atoms with van der Waals surface area (Å²) in [6.07, 6.45) is 6.52. The van der Waals surface area contributed by atoms with E-state index in [1.165, 1.54) is 19.3 Å². The smallest absolute Gasteiger partial charge is 0.187 e. The fourth-order valence-electron chi connectivity index (χ4n) is 6.96. The van der Waals surface area contributed by atoms with Crippen LogP contribution < -0.4 is 0 Å². The van der Waals surface area contributed by atoms with E-state index in [0.29, 0.717) is 33.0 Å². The number of allylic oxidation sites excluding steroid dienone is 1. The molecule has 58 heavy (non-hydrogen) atoms. The molecule has 1 aliphatic rings. The summed E-state index contributed by atoms with van der Waals surface area (Å²) in [6, 6.07) is 50.9. The first kappa shape index (κ1) is 43.1. The van der Waals surface area contributed by atoms with Gasteiger partial charge in [-0.1, -0.05) is 190 Å². The first-order chi connectivity index (χ1) is 28.7. The number of rotatable bonds is 25. The molecule has 5 atom stereocenters. The van der Waals surface area contributed by atoms with Gasteiger partial charge >= 0.3 is 0 Å². The maximum Gasteiger partial charge on any atom is 0.187 e. The molecule has 1 aliphatic heterocycles. The van der Waals surface area contributed by atoms with Crippen molar-refractivity contribution in [2.45, 2.75) is 109 Å². The normalized spacial score (nSPS) is 19.5. The highest BCUT2D eigenvalue weighted by molar-refractivity contribution is 5.17. The van der Waals surface area contributed by atoms with Crippen molar-refractivity contribution >= 4 is 0 Å². The maximum absolute atomic E-state index is 7.01. The molecule has 0 unspecified atom stereocenters. The zero-order valence-electron chi connectivity index (χ0n) is 33.9. The predicted molar refractivity (Wildman–Crippen MR) is 229 cm³/mol. The van der Waals surface area contributed by atoms with E-state index in [9.17, 15) is 0 Å². The largest absolute Gasteiger partial charge is 0.374 e. The third kappa shape index (κ3) is 14.7. The molecule has 7 nitrogen and oxygen atoms in total. The zero-order valence-corrected chi connectivity index (χ0v) is 33.9. The summed E-state index contributed by atoms with van der Waals surface area (Å²) in [4.78, 5) is 0. The van der Waals surface area contributed by atoms with Crippen molar-refractivity contribution in [1.82, 2.24) is 0 Å². The lowest BCUT2D eigenvalue weighted by Crippen LogP contribution is -2.61. The van der Waals surface area contributed by atoms with Crippen LogP contribution in [0.2, 0.25) is 0 Å². The summed E-state index contributed by atoms with van der Waals surface area (Å²) in [5, 5.41) is 0. The van der Waals surface area contributed by atoms with E-state index in [0.717, 1.165) is 40.7 Å². The van der Waals surface area contributed by atoms with Gasteiger partial charge in [-0.05, 0) is 40.7 Å². The van der Waals surface area contributed by atoms with Gasteiger partial charge in [0.05, 0.1) is 46.2 Å². The van der Waals surface area contributed by atoms with Gasteiger partial charge in [-0.15, -0.1) is 0 Å². The Morgan fingerprint density at radius 2 is 0.897 bits per heavy atom. The minimum absolute atomic E-state index is 0.288. The van der Waals surface area contributed by atoms with Crippen LogP contribution in [0.5, 0.6) is 0 Å². The topological polar surface area (TPSA) is 64.6 Å². The predicted octanol–water partition coefficient (Wildman–Crippen LogP) is 10.8. The highest BCUT2D eigenvalue weighted by atomic mass is 16.7. The third-order valence-corrected chi connectivity index (χ3v) is 10.1. The number of unbranched alkanes of at least 4 members (excludes halogenated alkanes) is 4. The molecule has 0 N–H and O–H groups in total. The Kier molecular flexibility index (Phi) is 18.7. The second kappa shape index (κ2) is 25.1. The van der Waals surface area contributed by atoms with Gasteiger partial charge in [0.2, 0.25) is 0 Å². The molecule has 0 bridgehead atoms. The minimum atomic E-state index is -0.832. The van der Waals surface area contributed by atoms with Gasteiger partial charge in [0.25, 0.3) is 0 Å². The van der Waals surface area contributed by atoms with Crippen LogP contribution >= 0.6 is 0 Å². The third-order valence-electron chi connectivity index (χ3n) is 10.1. The summed E-state index contributed by atoms with van der Waals surface area (Å²) in [5.74, 6) is 0. The number of ether oxygens (including phenoxy) is 7. The molecule has 1 fully saturated rings. The van der Waals surface area contributed by atoms with Crippen LogP contribution in [0.15, 0.2) is 164 Å². The van der Waals surface area contributed by atoms with Crippen LogP contribution in [0.1, 0.15) is 66.8 Å². The number of hydrogen-bond donors (Lipinski definition) is 0. The van der Waals surface area contributed by atoms with E-state index in [-0.39, 0.29) is 13.2 Å². The lowest BCUT2D eigenvalue weighted by Gasteiger charge is -2.46. The first-order valence-corrected chi connectivity index (χ1v) is 20.9. The first-order valence-electron chi connectivity index (χ1n) is 20.9. The van der Waals surface area contributed by atoms with Gasteiger partial charge in [0.15, 0.2) is 6.29 Å². The second-order valence-corrected chi connectivity index (χ2v) is 14.8. The van der Waals surface area contributed by atoms with Crippen molar-refractivity contribution in [2.75, 3.05) is 13.2 Å². The molecule has 1 heterocycles. The van der Waals surface area contributed by atoms with Crippen molar-refractivity contribution in [3.05, 3.63) is 192 Å². The Bertz CT molecular complexity index is 1760. The number of hydrogen-bond acceptors (Lipinski definition) is 7. The van der Waals surface area contributed by atoms with E-state index in [4.69, 9.17) is 33.2 Å². The van der Waals surface area contributed by atoms with Crippen molar-refractivity contribution in [2.24, 2.45) is 0 Å². The molecular weight excluding hydrogens is 725 g/mol. The summed E-state index contributed by atoms with van der Waals surface area (Å²) < 4.78 is 47.3. The lowest BCUT2D eigenvalue weighted by molar-refractivity contribution is -0.328. The quantitative estimate of drug-likeness (QED) is 0.0431. The maximum atomic E-state index is 7.01. The van der Waals surface area contributed by atoms with Gasteiger partial charge in [-0.25, -0.2) is 0 Å². The van der Waals surface area contributed by atoms with Crippen LogP contribution in [0, 0.1) is 0 Å². The Morgan fingerprint density at radius 3 is 1.34 bits per heavy atom. The molecule has 0 radical (unpaired) electrons. The second-order valence-electron chi connectivity index (χ2n) is 14.8. The molecule has 0 aromatic heterocycles. The van der Waals surface area contributed by atoms with Gasteiger partial charge < -0.3 is 33.2 Å². The molecule has 6 rings (SSSR count). The molecule has 5 aromatic rings. The molecule has 0 aliphatic carbocycles. The molecule has 0 saturated carbocycles. The molecule has 7 heteroatoms. The van der Waals surface area contributed by atoms with Gasteiger partial charge in [0, 0.05) is 0 Å². The van der Waals surface area contributed by atoms with E-state index in [2.05, 4.69) is 79.7 Å². The molecule has 1 saturated heterocycles. The van der Waals surface area contributed by atoms with Crippen molar-refractivity contribution < 1.29 is 33.2 Å². The fourth-order valence-corrected chi connectivity index (χ4v) is 6.96. The summed E-state index contributed by atoms with van der Waals surface area (Å²) in [5.41, 5.74) is 5.33. The van der Waals surface area contributed by atoms with Crippen LogP contribution in [0.4, 0.5) is 0 Å². The van der Waals surface area contributed by atoms with Gasteiger partial charge in [-0.3, -0.25) is 0 Å². The average Bonchev–Trinajstić information content (AvgIpc) is 3.27. The Morgan fingerprint density at radius 1 is 0.483 bits per heavy atom. The van der Waals surface area contributed by atoms with Crippen molar-refractivity contribution in [1.29, 1.82) is 0 Å². The summed E-state index contributed by atoms with van der Waals surface area (Å²) >= 11 is 0. The Balaban J connectivity index is 1.30. The molecule has 306 valence electrons. The van der Waals surface area contributed by atoms with Crippen molar-refractivity contribution in [3.63, 3.8) is 0 Å². The van der Waals surface area contributed by atoms with Gasteiger partial charge in [-0.2, -0.15) is 0 Å². The van der Waals surface area contributed by atoms with Crippen LogP contribution in [-0.4, -0.2) is 50.0 Å². The fraction of sp³-hybridized carbons (Fsp3) is 0.373. The van der Waals surface area contributed by atoms with Crippen molar-refractivity contribution in [3.8, 4) is 0 Å². The average molecular weight is 785 g/mol. The standard InChI is InChI=1S/C51H60O7/c1-2-3-4-5-6-22-33-47-48(54-36-43-27-16-9-17-28-43)49(55-37-44-29-18-10-19-30-44)50(56-38-45-31-20-11-21-32-45)51(58-47)57-46(39-52-34-41-23-12-7-13-24-41)40-53-35-42-25-14-8-15-26-42/h7-33,46-51H,2-6,34-40H2,1H3/b33-22-/t47-,48+,49+,50-,51-/m1/s1. The summed E-state index contributed by atoms with van der Waals surface area (Å²) in [6.45, 7) is 4.79. The summed E-state index contributed by atoms with van der Waals surface area (Å²) in [7, 11) is 0. The Labute approximate surface area is 345 Å². The highest BCUT2D eigenvalue weighted by Crippen LogP contribution is 2.33. The SMILES string of the molecule is CCCCCC/C=C\[C@H]1O[C@@H](OC(COCc2ccccc2)COCc2ccccc2)[C@H](OCc2ccccc2)[C@@H](OCc2ccccc2)[C@H]1OCc1ccccc1. The van der Waals surface area contributed by atoms with E-state index in [1.54, 1.807) is 0 Å². The zero-order chi connectivity index (χ0) is 39.9. The molecule has 0 spiro atoms. The van der Waals surface area contributed by atoms with Gasteiger partial charge in [0.1, 0.15) is 30.5 Å². The monoisotopic (exact) mass is 784 g/mol. The van der Waals surface area contributed by atoms with E-state index < -0.39 is 36.8 Å². The minimum Gasteiger partial charge on any atom is -0.374 e. The molecule has 5 aromatic carbocycles.